The number of nitrogens with zero attached hydrogens (tertiary/aromatic N) is 3. The monoisotopic (exact) mass is 247 g/mol. The Morgan fingerprint density at radius 1 is 1.53 bits per heavy atom. The van der Waals surface area contributed by atoms with E-state index in [1.807, 2.05) is 17.7 Å². The number of rotatable bonds is 2. The fourth-order valence-electron chi connectivity index (χ4n) is 1.93. The van der Waals surface area contributed by atoms with E-state index in [1.54, 1.807) is 23.9 Å². The molecule has 2 aliphatic heterocycles. The number of nitro groups is 1. The molecule has 17 heavy (non-hydrogen) atoms. The van der Waals surface area contributed by atoms with Crippen LogP contribution >= 0.6 is 11.8 Å². The fraction of sp³-hybridized carbons (Fsp3) is 0.182. The Hall–Kier alpha value is -1.82. The van der Waals surface area contributed by atoms with Crippen LogP contribution in [0.4, 0.5) is 5.69 Å². The zero-order valence-corrected chi connectivity index (χ0v) is 9.63. The number of fused-ring (bicyclic) bond motifs is 1. The van der Waals surface area contributed by atoms with E-state index in [9.17, 15) is 10.1 Å². The molecular weight excluding hydrogens is 238 g/mol. The van der Waals surface area contributed by atoms with Crippen LogP contribution in [0.5, 0.6) is 0 Å². The molecule has 86 valence electrons. The standard InChI is InChI=1S/C11H9N3O2S/c15-14(16)9-3-1-2-8(6-9)10-7-13-4-5-17-11(13)12-10/h1-6,10H,7H2. The second-order valence-corrected chi connectivity index (χ2v) is 4.71. The second kappa shape index (κ2) is 3.89. The molecule has 6 heteroatoms. The average molecular weight is 247 g/mol. The number of non-ortho nitro benzene ring substituents is 1. The first-order valence-corrected chi connectivity index (χ1v) is 6.04. The maximum Gasteiger partial charge on any atom is 0.269 e. The van der Waals surface area contributed by atoms with Gasteiger partial charge in [0.15, 0.2) is 5.17 Å². The van der Waals surface area contributed by atoms with Crippen molar-refractivity contribution in [2.45, 2.75) is 6.04 Å². The zero-order chi connectivity index (χ0) is 11.8. The summed E-state index contributed by atoms with van der Waals surface area (Å²) in [6.45, 7) is 0.764. The van der Waals surface area contributed by atoms with Crippen molar-refractivity contribution in [2.24, 2.45) is 4.99 Å². The predicted octanol–water partition coefficient (Wildman–Crippen LogP) is 2.53. The molecule has 0 N–H and O–H groups in total. The quantitative estimate of drug-likeness (QED) is 0.595. The molecule has 5 nitrogen and oxygen atoms in total. The lowest BCUT2D eigenvalue weighted by Gasteiger charge is -2.10. The summed E-state index contributed by atoms with van der Waals surface area (Å²) >= 11 is 1.58. The highest BCUT2D eigenvalue weighted by molar-refractivity contribution is 8.16. The van der Waals surface area contributed by atoms with Crippen LogP contribution < -0.4 is 0 Å². The topological polar surface area (TPSA) is 58.7 Å². The van der Waals surface area contributed by atoms with E-state index < -0.39 is 0 Å². The minimum Gasteiger partial charge on any atom is -0.325 e. The Morgan fingerprint density at radius 3 is 3.18 bits per heavy atom. The van der Waals surface area contributed by atoms with E-state index in [2.05, 4.69) is 9.89 Å². The minimum absolute atomic E-state index is 0.00218. The Morgan fingerprint density at radius 2 is 2.41 bits per heavy atom. The smallest absolute Gasteiger partial charge is 0.269 e. The van der Waals surface area contributed by atoms with Crippen LogP contribution in [0.3, 0.4) is 0 Å². The maximum atomic E-state index is 10.7. The molecule has 0 aromatic heterocycles. The fourth-order valence-corrected chi connectivity index (χ4v) is 2.71. The van der Waals surface area contributed by atoms with Crippen molar-refractivity contribution in [1.29, 1.82) is 0 Å². The first-order valence-electron chi connectivity index (χ1n) is 5.16. The van der Waals surface area contributed by atoms with Crippen LogP contribution in [-0.2, 0) is 0 Å². The van der Waals surface area contributed by atoms with Crippen molar-refractivity contribution in [3.8, 4) is 0 Å². The summed E-state index contributed by atoms with van der Waals surface area (Å²) in [6.07, 6.45) is 1.99. The molecule has 1 aromatic rings. The van der Waals surface area contributed by atoms with E-state index in [-0.39, 0.29) is 16.7 Å². The van der Waals surface area contributed by atoms with Crippen molar-refractivity contribution in [2.75, 3.05) is 6.54 Å². The van der Waals surface area contributed by atoms with Crippen LogP contribution in [0.25, 0.3) is 0 Å². The average Bonchev–Trinajstić information content (AvgIpc) is 2.89. The summed E-state index contributed by atoms with van der Waals surface area (Å²) in [5.74, 6) is 0. The van der Waals surface area contributed by atoms with Gasteiger partial charge in [0.05, 0.1) is 17.5 Å². The van der Waals surface area contributed by atoms with E-state index in [1.165, 1.54) is 6.07 Å². The molecule has 1 unspecified atom stereocenters. The number of thioether (sulfide) groups is 1. The molecule has 2 heterocycles. The highest BCUT2D eigenvalue weighted by atomic mass is 32.2. The molecule has 1 atom stereocenters. The van der Waals surface area contributed by atoms with Crippen LogP contribution in [0.1, 0.15) is 11.6 Å². The zero-order valence-electron chi connectivity index (χ0n) is 8.81. The second-order valence-electron chi connectivity index (χ2n) is 3.83. The van der Waals surface area contributed by atoms with Gasteiger partial charge in [0.2, 0.25) is 0 Å². The van der Waals surface area contributed by atoms with Gasteiger partial charge in [-0.05, 0) is 11.0 Å². The van der Waals surface area contributed by atoms with Gasteiger partial charge in [-0.15, -0.1) is 0 Å². The predicted molar refractivity (Wildman–Crippen MR) is 66.7 cm³/mol. The lowest BCUT2D eigenvalue weighted by molar-refractivity contribution is -0.384. The van der Waals surface area contributed by atoms with Crippen LogP contribution in [-0.4, -0.2) is 21.5 Å². The summed E-state index contributed by atoms with van der Waals surface area (Å²) in [6, 6.07) is 6.70. The van der Waals surface area contributed by atoms with Gasteiger partial charge in [-0.1, -0.05) is 23.9 Å². The van der Waals surface area contributed by atoms with Gasteiger partial charge in [-0.2, -0.15) is 0 Å². The number of hydrogen-bond acceptors (Lipinski definition) is 5. The van der Waals surface area contributed by atoms with Gasteiger partial charge < -0.3 is 4.90 Å². The summed E-state index contributed by atoms with van der Waals surface area (Å²) in [7, 11) is 0. The number of amidine groups is 1. The molecule has 1 aromatic carbocycles. The molecular formula is C11H9N3O2S. The third kappa shape index (κ3) is 1.80. The van der Waals surface area contributed by atoms with E-state index in [4.69, 9.17) is 0 Å². The third-order valence-corrected chi connectivity index (χ3v) is 3.57. The summed E-state index contributed by atoms with van der Waals surface area (Å²) in [5.41, 5.74) is 1.02. The van der Waals surface area contributed by atoms with Crippen LogP contribution in [0.2, 0.25) is 0 Å². The molecule has 0 spiro atoms. The highest BCUT2D eigenvalue weighted by Gasteiger charge is 2.28. The van der Waals surface area contributed by atoms with E-state index in [0.29, 0.717) is 0 Å². The molecule has 0 radical (unpaired) electrons. The van der Waals surface area contributed by atoms with Crippen molar-refractivity contribution < 1.29 is 4.92 Å². The Labute approximate surface area is 102 Å². The maximum absolute atomic E-state index is 10.7. The van der Waals surface area contributed by atoms with Gasteiger partial charge in [0.1, 0.15) is 0 Å². The minimum atomic E-state index is -0.374. The van der Waals surface area contributed by atoms with Crippen molar-refractivity contribution in [1.82, 2.24) is 4.90 Å². The molecule has 2 aliphatic rings. The lowest BCUT2D eigenvalue weighted by Crippen LogP contribution is -2.16. The lowest BCUT2D eigenvalue weighted by atomic mass is 10.1. The SMILES string of the molecule is O=[N+]([O-])c1cccc(C2CN3C=CSC3=N2)c1. The Kier molecular flexibility index (Phi) is 2.36. The van der Waals surface area contributed by atoms with Crippen molar-refractivity contribution >= 4 is 22.6 Å². The highest BCUT2D eigenvalue weighted by Crippen LogP contribution is 2.33. The molecule has 0 saturated carbocycles. The number of aliphatic imine (C=N–C) groups is 1. The first kappa shape index (κ1) is 10.3. The largest absolute Gasteiger partial charge is 0.325 e. The third-order valence-electron chi connectivity index (χ3n) is 2.76. The molecule has 0 fully saturated rings. The summed E-state index contributed by atoms with van der Waals surface area (Å²) in [5, 5.41) is 13.7. The summed E-state index contributed by atoms with van der Waals surface area (Å²) in [4.78, 5) is 16.9. The van der Waals surface area contributed by atoms with Gasteiger partial charge in [0.25, 0.3) is 5.69 Å². The Balaban J connectivity index is 1.89. The van der Waals surface area contributed by atoms with Gasteiger partial charge in [-0.3, -0.25) is 15.1 Å². The number of hydrogen-bond donors (Lipinski definition) is 0. The molecule has 0 aliphatic carbocycles. The number of nitro benzene ring substituents is 1. The van der Waals surface area contributed by atoms with Crippen molar-refractivity contribution in [3.05, 3.63) is 51.6 Å². The molecule has 0 bridgehead atoms. The van der Waals surface area contributed by atoms with E-state index in [0.717, 1.165) is 17.3 Å². The Bertz CT molecular complexity index is 541. The van der Waals surface area contributed by atoms with Crippen molar-refractivity contribution in [3.63, 3.8) is 0 Å². The van der Waals surface area contributed by atoms with Crippen LogP contribution in [0.15, 0.2) is 40.9 Å². The number of benzene rings is 1. The van der Waals surface area contributed by atoms with Crippen LogP contribution in [0, 0.1) is 10.1 Å². The normalized spacial score (nSPS) is 21.5. The van der Waals surface area contributed by atoms with Gasteiger partial charge in [-0.25, -0.2) is 0 Å². The molecule has 0 saturated heterocycles. The summed E-state index contributed by atoms with van der Waals surface area (Å²) < 4.78 is 0. The van der Waals surface area contributed by atoms with Gasteiger partial charge in [0, 0.05) is 18.3 Å². The van der Waals surface area contributed by atoms with E-state index >= 15 is 0 Å². The molecule has 3 rings (SSSR count). The first-order chi connectivity index (χ1) is 8.24. The molecule has 0 amide bonds. The van der Waals surface area contributed by atoms with Gasteiger partial charge >= 0.3 is 0 Å².